The summed E-state index contributed by atoms with van der Waals surface area (Å²) in [5.74, 6) is -2.50. The molecule has 0 fully saturated rings. The molecule has 0 saturated heterocycles. The van der Waals surface area contributed by atoms with Gasteiger partial charge in [0.05, 0.1) is 0 Å². The first kappa shape index (κ1) is 30.4. The number of aliphatic carboxylic acids is 3. The van der Waals surface area contributed by atoms with E-state index >= 15 is 0 Å². The van der Waals surface area contributed by atoms with Gasteiger partial charge in [-0.15, -0.1) is 0 Å². The minimum absolute atomic E-state index is 0. The Kier molecular flexibility index (Phi) is 50.4. The average Bonchev–Trinajstić information content (AvgIpc) is 2.01. The van der Waals surface area contributed by atoms with Crippen molar-refractivity contribution in [2.75, 3.05) is 13.1 Å². The maximum absolute atomic E-state index is 9.00. The molecule has 0 aromatic carbocycles. The molecule has 0 spiro atoms. The smallest absolute Gasteiger partial charge is 0.300 e. The van der Waals surface area contributed by atoms with Crippen LogP contribution in [-0.4, -0.2) is 81.1 Å². The quantitative estimate of drug-likeness (QED) is 0.269. The predicted octanol–water partition coefficient (Wildman–Crippen LogP) is -1.18. The molecule has 18 heavy (non-hydrogen) atoms. The second-order valence-corrected chi connectivity index (χ2v) is 2.25. The molecule has 0 aliphatic rings. The Labute approximate surface area is 127 Å². The zero-order valence-electron chi connectivity index (χ0n) is 11.0. The summed E-state index contributed by atoms with van der Waals surface area (Å²) in [5, 5.41) is 30.0. The Morgan fingerprint density at radius 1 is 0.944 bits per heavy atom. The molecular weight excluding hydrogens is 259 g/mol. The number of hydrogen-bond acceptors (Lipinski definition) is 6. The van der Waals surface area contributed by atoms with Crippen molar-refractivity contribution >= 4 is 47.5 Å². The van der Waals surface area contributed by atoms with Crippen molar-refractivity contribution in [2.45, 2.75) is 20.8 Å². The maximum Gasteiger partial charge on any atom is 0.300 e. The number of carbonyl (C=O) groups is 3. The van der Waals surface area contributed by atoms with E-state index < -0.39 is 17.9 Å². The van der Waals surface area contributed by atoms with E-state index in [1.165, 1.54) is 0 Å². The van der Waals surface area contributed by atoms with Gasteiger partial charge in [-0.2, -0.15) is 0 Å². The topological polar surface area (TPSA) is 170 Å². The third-order valence-electron chi connectivity index (χ3n) is 0.256. The van der Waals surface area contributed by atoms with Crippen LogP contribution in [-0.2, 0) is 14.4 Å². The van der Waals surface area contributed by atoms with Crippen molar-refractivity contribution in [3.05, 3.63) is 0 Å². The number of nitrogens with two attached hydrogens (primary N) is 1. The Morgan fingerprint density at radius 3 is 1.11 bits per heavy atom. The minimum Gasteiger partial charge on any atom is -0.481 e. The summed E-state index contributed by atoms with van der Waals surface area (Å²) in [5.41, 5.74) is 6.81. The van der Waals surface area contributed by atoms with Gasteiger partial charge in [-0.1, -0.05) is 0 Å². The van der Waals surface area contributed by atoms with Crippen LogP contribution in [0.2, 0.25) is 0 Å². The molecule has 0 rings (SSSR count). The summed E-state index contributed by atoms with van der Waals surface area (Å²) in [6.07, 6.45) is 0. The molecule has 0 bridgehead atoms. The van der Waals surface area contributed by atoms with E-state index in [4.69, 9.17) is 40.6 Å². The molecule has 10 heteroatoms. The van der Waals surface area contributed by atoms with Crippen LogP contribution in [0.5, 0.6) is 0 Å². The van der Waals surface area contributed by atoms with Gasteiger partial charge < -0.3 is 26.3 Å². The Morgan fingerprint density at radius 2 is 1.11 bits per heavy atom. The summed E-state index contributed by atoms with van der Waals surface area (Å²) in [4.78, 5) is 27.0. The molecule has 9 nitrogen and oxygen atoms in total. The van der Waals surface area contributed by atoms with Crippen molar-refractivity contribution in [3.63, 3.8) is 0 Å². The van der Waals surface area contributed by atoms with Crippen LogP contribution in [0.25, 0.3) is 0 Å². The van der Waals surface area contributed by atoms with Gasteiger partial charge >= 0.3 is 0 Å². The van der Waals surface area contributed by atoms with E-state index in [1.54, 1.807) is 0 Å². The number of nitrogens with one attached hydrogen (secondary N) is 1. The van der Waals surface area contributed by atoms with E-state index in [1.807, 2.05) is 5.48 Å². The van der Waals surface area contributed by atoms with E-state index in [2.05, 4.69) is 0 Å². The predicted molar refractivity (Wildman–Crippen MR) is 64.5 cm³/mol. The number of hydroxylamine groups is 1. The van der Waals surface area contributed by atoms with Crippen molar-refractivity contribution in [1.29, 1.82) is 0 Å². The van der Waals surface area contributed by atoms with Crippen LogP contribution in [0.4, 0.5) is 0 Å². The fourth-order valence-electron chi connectivity index (χ4n) is 0.0645. The molecule has 0 heterocycles. The van der Waals surface area contributed by atoms with E-state index in [9.17, 15) is 0 Å². The fraction of sp³-hybridized carbons (Fsp3) is 0.625. The molecule has 0 unspecified atom stereocenters. The molecule has 1 radical (unpaired) electrons. The molecule has 0 aliphatic heterocycles. The van der Waals surface area contributed by atoms with Gasteiger partial charge in [-0.3, -0.25) is 14.4 Å². The van der Waals surface area contributed by atoms with Crippen molar-refractivity contribution in [3.8, 4) is 0 Å². The molecule has 0 aromatic heterocycles. The Bertz CT molecular complexity index is 159. The molecular formula is C8H20N2NaO7. The third kappa shape index (κ3) is 1880. The largest absolute Gasteiger partial charge is 0.481 e. The normalized spacial score (nSPS) is 6.50. The minimum atomic E-state index is -0.833. The molecule has 0 amide bonds. The third-order valence-corrected chi connectivity index (χ3v) is 0.256. The van der Waals surface area contributed by atoms with Crippen LogP contribution in [0.3, 0.4) is 0 Å². The average molecular weight is 279 g/mol. The standard InChI is InChI=1S/C2H8N2O.3C2H4O2.Na/c3-1-2-4-5;3*1-2(3)4;/h4-5H,1-3H2;3*1H3,(H,3,4);. The molecule has 0 aliphatic carbocycles. The van der Waals surface area contributed by atoms with Gasteiger partial charge in [-0.25, -0.2) is 5.48 Å². The van der Waals surface area contributed by atoms with Gasteiger partial charge in [0.15, 0.2) is 0 Å². The van der Waals surface area contributed by atoms with Gasteiger partial charge in [0.25, 0.3) is 17.9 Å². The summed E-state index contributed by atoms with van der Waals surface area (Å²) < 4.78 is 0. The molecule has 105 valence electrons. The fourth-order valence-corrected chi connectivity index (χ4v) is 0.0645. The summed E-state index contributed by atoms with van der Waals surface area (Å²) in [6, 6.07) is 0. The molecule has 0 aromatic rings. The van der Waals surface area contributed by atoms with Crippen LogP contribution >= 0.6 is 0 Å². The first-order valence-corrected chi connectivity index (χ1v) is 4.27. The van der Waals surface area contributed by atoms with Crippen LogP contribution in [0.15, 0.2) is 0 Å². The zero-order valence-corrected chi connectivity index (χ0v) is 13.0. The monoisotopic (exact) mass is 279 g/mol. The second-order valence-electron chi connectivity index (χ2n) is 2.25. The molecule has 7 N–H and O–H groups in total. The van der Waals surface area contributed by atoms with Crippen LogP contribution < -0.4 is 11.2 Å². The molecule has 0 saturated carbocycles. The van der Waals surface area contributed by atoms with Gasteiger partial charge in [-0.05, 0) is 0 Å². The Balaban J connectivity index is -0.0000000412. The molecule has 0 atom stereocenters. The SMILES string of the molecule is CC(=O)O.CC(=O)O.CC(=O)O.NCCNO.[Na]. The van der Waals surface area contributed by atoms with E-state index in [0.29, 0.717) is 13.1 Å². The summed E-state index contributed by atoms with van der Waals surface area (Å²) in [6.45, 7) is 4.20. The van der Waals surface area contributed by atoms with Crippen LogP contribution in [0.1, 0.15) is 20.8 Å². The number of hydrogen-bond donors (Lipinski definition) is 6. The zero-order chi connectivity index (χ0) is 14.9. The maximum atomic E-state index is 9.00. The number of carboxylic acids is 3. The first-order chi connectivity index (χ1) is 7.61. The van der Waals surface area contributed by atoms with Crippen LogP contribution in [0, 0.1) is 0 Å². The van der Waals surface area contributed by atoms with Crippen molar-refractivity contribution in [1.82, 2.24) is 5.48 Å². The Hall–Kier alpha value is -0.710. The summed E-state index contributed by atoms with van der Waals surface area (Å²) >= 11 is 0. The summed E-state index contributed by atoms with van der Waals surface area (Å²) in [7, 11) is 0. The van der Waals surface area contributed by atoms with Gasteiger partial charge in [0.1, 0.15) is 0 Å². The van der Waals surface area contributed by atoms with E-state index in [0.717, 1.165) is 20.8 Å². The second kappa shape index (κ2) is 29.9. The number of rotatable bonds is 2. The van der Waals surface area contributed by atoms with Crippen molar-refractivity contribution < 1.29 is 34.9 Å². The van der Waals surface area contributed by atoms with Gasteiger partial charge in [0.2, 0.25) is 0 Å². The van der Waals surface area contributed by atoms with E-state index in [-0.39, 0.29) is 29.6 Å². The van der Waals surface area contributed by atoms with Gasteiger partial charge in [0, 0.05) is 63.4 Å². The first-order valence-electron chi connectivity index (χ1n) is 4.27. The van der Waals surface area contributed by atoms with Crippen molar-refractivity contribution in [2.24, 2.45) is 5.73 Å². The number of carboxylic acid groups (broad SMARTS) is 3.